The number of nitrogens with zero attached hydrogens (tertiary/aromatic N) is 3. The van der Waals surface area contributed by atoms with Gasteiger partial charge in [0.2, 0.25) is 11.8 Å². The van der Waals surface area contributed by atoms with E-state index in [0.717, 1.165) is 30.5 Å². The van der Waals surface area contributed by atoms with Crippen LogP contribution in [0.5, 0.6) is 0 Å². The number of hydrogen-bond acceptors (Lipinski definition) is 3. The first-order valence-corrected chi connectivity index (χ1v) is 8.58. The van der Waals surface area contributed by atoms with Crippen LogP contribution >= 0.6 is 0 Å². The van der Waals surface area contributed by atoms with Crippen molar-refractivity contribution in [2.75, 3.05) is 6.54 Å². The molecule has 124 valence electrons. The van der Waals surface area contributed by atoms with Crippen molar-refractivity contribution in [1.82, 2.24) is 14.7 Å². The van der Waals surface area contributed by atoms with Crippen molar-refractivity contribution in [2.45, 2.75) is 44.6 Å². The molecule has 1 aliphatic carbocycles. The highest BCUT2D eigenvalue weighted by molar-refractivity contribution is 6.09. The molecule has 0 radical (unpaired) electrons. The van der Waals surface area contributed by atoms with Crippen LogP contribution in [0.4, 0.5) is 0 Å². The van der Waals surface area contributed by atoms with Crippen LogP contribution in [-0.4, -0.2) is 33.0 Å². The summed E-state index contributed by atoms with van der Waals surface area (Å²) in [6.07, 6.45) is 6.40. The van der Waals surface area contributed by atoms with Gasteiger partial charge in [-0.05, 0) is 42.9 Å². The molecule has 1 aromatic carbocycles. The predicted molar refractivity (Wildman–Crippen MR) is 89.4 cm³/mol. The summed E-state index contributed by atoms with van der Waals surface area (Å²) < 4.78 is 1.86. The molecule has 5 heteroatoms. The average molecular weight is 323 g/mol. The molecule has 0 N–H and O–H groups in total. The molecule has 1 unspecified atom stereocenters. The Morgan fingerprint density at radius 3 is 2.88 bits per heavy atom. The van der Waals surface area contributed by atoms with Crippen LogP contribution in [0.25, 0.3) is 0 Å². The van der Waals surface area contributed by atoms with Gasteiger partial charge in [0.15, 0.2) is 0 Å². The molecule has 1 saturated heterocycles. The molecule has 2 aromatic rings. The van der Waals surface area contributed by atoms with Gasteiger partial charge in [-0.3, -0.25) is 19.2 Å². The van der Waals surface area contributed by atoms with Gasteiger partial charge in [0, 0.05) is 25.7 Å². The Labute approximate surface area is 141 Å². The van der Waals surface area contributed by atoms with Gasteiger partial charge in [-0.25, -0.2) is 0 Å². The van der Waals surface area contributed by atoms with Crippen LogP contribution in [0.2, 0.25) is 0 Å². The van der Waals surface area contributed by atoms with Crippen molar-refractivity contribution in [2.24, 2.45) is 0 Å². The molecule has 1 spiro atoms. The summed E-state index contributed by atoms with van der Waals surface area (Å²) in [7, 11) is 0. The lowest BCUT2D eigenvalue weighted by atomic mass is 9.80. The van der Waals surface area contributed by atoms with E-state index in [0.29, 0.717) is 19.4 Å². The molecule has 1 aromatic heterocycles. The first-order valence-electron chi connectivity index (χ1n) is 8.58. The van der Waals surface area contributed by atoms with Gasteiger partial charge in [0.25, 0.3) is 0 Å². The van der Waals surface area contributed by atoms with E-state index in [4.69, 9.17) is 0 Å². The Balaban J connectivity index is 1.54. The minimum Gasteiger partial charge on any atom is -0.281 e. The minimum absolute atomic E-state index is 0.0136. The van der Waals surface area contributed by atoms with E-state index < -0.39 is 5.41 Å². The second-order valence-electron chi connectivity index (χ2n) is 6.72. The maximum atomic E-state index is 13.1. The van der Waals surface area contributed by atoms with E-state index in [9.17, 15) is 9.59 Å². The normalized spacial score (nSPS) is 22.6. The zero-order valence-electron chi connectivity index (χ0n) is 13.9. The van der Waals surface area contributed by atoms with Gasteiger partial charge in [0.05, 0.1) is 11.6 Å². The van der Waals surface area contributed by atoms with E-state index in [1.54, 1.807) is 0 Å². The fourth-order valence-corrected chi connectivity index (χ4v) is 4.07. The lowest BCUT2D eigenvalue weighted by Crippen LogP contribution is -2.38. The zero-order valence-corrected chi connectivity index (χ0v) is 13.9. The third-order valence-corrected chi connectivity index (χ3v) is 5.40. The lowest BCUT2D eigenvalue weighted by Gasteiger charge is -2.22. The standard InChI is InChI=1S/C19H21N3O2/c1-2-21-13-14(12-20-21)8-10-22-17(23)11-19(18(22)24)9-7-15-5-3-4-6-16(15)19/h3-6,12-13H,2,7-11H2,1H3. The van der Waals surface area contributed by atoms with Gasteiger partial charge in [-0.2, -0.15) is 5.10 Å². The van der Waals surface area contributed by atoms with Crippen LogP contribution in [0, 0.1) is 0 Å². The molecule has 1 fully saturated rings. The third-order valence-electron chi connectivity index (χ3n) is 5.40. The topological polar surface area (TPSA) is 55.2 Å². The summed E-state index contributed by atoms with van der Waals surface area (Å²) in [5, 5.41) is 4.25. The third kappa shape index (κ3) is 2.19. The van der Waals surface area contributed by atoms with Crippen LogP contribution in [-0.2, 0) is 34.4 Å². The molecule has 5 nitrogen and oxygen atoms in total. The maximum Gasteiger partial charge on any atom is 0.240 e. The van der Waals surface area contributed by atoms with Crippen LogP contribution in [0.3, 0.4) is 0 Å². The van der Waals surface area contributed by atoms with E-state index in [1.165, 1.54) is 10.5 Å². The SMILES string of the molecule is CCn1cc(CCN2C(=O)CC3(CCc4ccccc43)C2=O)cn1. The van der Waals surface area contributed by atoms with Crippen molar-refractivity contribution < 1.29 is 9.59 Å². The molecule has 2 amide bonds. The van der Waals surface area contributed by atoms with Crippen molar-refractivity contribution in [3.05, 3.63) is 53.3 Å². The largest absolute Gasteiger partial charge is 0.281 e. The molecular formula is C19H21N3O2. The lowest BCUT2D eigenvalue weighted by molar-refractivity contribution is -0.139. The quantitative estimate of drug-likeness (QED) is 0.810. The highest BCUT2D eigenvalue weighted by atomic mass is 16.2. The van der Waals surface area contributed by atoms with E-state index in [2.05, 4.69) is 11.2 Å². The van der Waals surface area contributed by atoms with Crippen molar-refractivity contribution in [3.63, 3.8) is 0 Å². The number of benzene rings is 1. The summed E-state index contributed by atoms with van der Waals surface area (Å²) in [6.45, 7) is 3.30. The molecule has 0 bridgehead atoms. The number of rotatable bonds is 4. The summed E-state index contributed by atoms with van der Waals surface area (Å²) in [6, 6.07) is 8.06. The number of amides is 2. The molecular weight excluding hydrogens is 302 g/mol. The van der Waals surface area contributed by atoms with Crippen LogP contribution in [0.15, 0.2) is 36.7 Å². The van der Waals surface area contributed by atoms with Gasteiger partial charge in [-0.15, -0.1) is 0 Å². The minimum atomic E-state index is -0.610. The smallest absolute Gasteiger partial charge is 0.240 e. The van der Waals surface area contributed by atoms with Crippen molar-refractivity contribution in [3.8, 4) is 0 Å². The Bertz CT molecular complexity index is 810. The summed E-state index contributed by atoms with van der Waals surface area (Å²) in [5.41, 5.74) is 2.72. The molecule has 2 aliphatic rings. The van der Waals surface area contributed by atoms with Crippen molar-refractivity contribution >= 4 is 11.8 Å². The molecule has 0 saturated carbocycles. The van der Waals surface area contributed by atoms with Gasteiger partial charge < -0.3 is 0 Å². The van der Waals surface area contributed by atoms with Crippen LogP contribution in [0.1, 0.15) is 36.5 Å². The highest BCUT2D eigenvalue weighted by Gasteiger charge is 2.54. The van der Waals surface area contributed by atoms with E-state index in [1.807, 2.05) is 42.2 Å². The van der Waals surface area contributed by atoms with Gasteiger partial charge >= 0.3 is 0 Å². The molecule has 4 rings (SSSR count). The number of aryl methyl sites for hydroxylation is 2. The number of carbonyl (C=O) groups excluding carboxylic acids is 2. The van der Waals surface area contributed by atoms with Gasteiger partial charge in [0.1, 0.15) is 0 Å². The Morgan fingerprint density at radius 2 is 2.08 bits per heavy atom. The number of imide groups is 1. The number of carbonyl (C=O) groups is 2. The molecule has 2 heterocycles. The fraction of sp³-hybridized carbons (Fsp3) is 0.421. The Hall–Kier alpha value is -2.43. The van der Waals surface area contributed by atoms with Crippen LogP contribution < -0.4 is 0 Å². The Morgan fingerprint density at radius 1 is 1.25 bits per heavy atom. The molecule has 24 heavy (non-hydrogen) atoms. The second-order valence-corrected chi connectivity index (χ2v) is 6.72. The van der Waals surface area contributed by atoms with E-state index >= 15 is 0 Å². The average Bonchev–Trinajstić information content (AvgIpc) is 3.26. The van der Waals surface area contributed by atoms with Gasteiger partial charge in [-0.1, -0.05) is 24.3 Å². The Kier molecular flexibility index (Phi) is 3.52. The van der Waals surface area contributed by atoms with E-state index in [-0.39, 0.29) is 11.8 Å². The second kappa shape index (κ2) is 5.58. The molecule has 1 aliphatic heterocycles. The first-order chi connectivity index (χ1) is 11.6. The summed E-state index contributed by atoms with van der Waals surface area (Å²) >= 11 is 0. The number of aromatic nitrogens is 2. The molecule has 1 atom stereocenters. The van der Waals surface area contributed by atoms with Crippen molar-refractivity contribution in [1.29, 1.82) is 0 Å². The first kappa shape index (κ1) is 15.1. The number of hydrogen-bond donors (Lipinski definition) is 0. The number of fused-ring (bicyclic) bond motifs is 2. The number of likely N-dealkylation sites (tertiary alicyclic amines) is 1. The fourth-order valence-electron chi connectivity index (χ4n) is 4.07. The summed E-state index contributed by atoms with van der Waals surface area (Å²) in [4.78, 5) is 27.1. The maximum absolute atomic E-state index is 13.1. The zero-order chi connectivity index (χ0) is 16.7. The monoisotopic (exact) mass is 323 g/mol. The highest BCUT2D eigenvalue weighted by Crippen LogP contribution is 2.46. The summed E-state index contributed by atoms with van der Waals surface area (Å²) in [5.74, 6) is -0.0556. The predicted octanol–water partition coefficient (Wildman–Crippen LogP) is 2.09.